The normalized spacial score (nSPS) is 17.3. The van der Waals surface area contributed by atoms with E-state index in [0.717, 1.165) is 17.5 Å². The monoisotopic (exact) mass is 476 g/mol. The second-order valence-corrected chi connectivity index (χ2v) is 8.60. The van der Waals surface area contributed by atoms with E-state index < -0.39 is 17.7 Å². The van der Waals surface area contributed by atoms with Crippen LogP contribution in [0.1, 0.15) is 41.6 Å². The molecule has 1 saturated heterocycles. The number of benzene rings is 2. The van der Waals surface area contributed by atoms with Crippen molar-refractivity contribution < 1.29 is 19.4 Å². The number of amides is 1. The van der Waals surface area contributed by atoms with Gasteiger partial charge in [-0.25, -0.2) is 0 Å². The summed E-state index contributed by atoms with van der Waals surface area (Å²) in [5, 5.41) is 11.9. The number of aliphatic hydroxyl groups is 1. The van der Waals surface area contributed by atoms with Gasteiger partial charge in [-0.3, -0.25) is 14.6 Å². The van der Waals surface area contributed by atoms with Gasteiger partial charge in [-0.2, -0.15) is 0 Å². The fourth-order valence-corrected chi connectivity index (χ4v) is 4.21. The molecule has 1 fully saturated rings. The van der Waals surface area contributed by atoms with Crippen LogP contribution >= 0.6 is 11.6 Å². The second-order valence-electron chi connectivity index (χ2n) is 8.17. The lowest BCUT2D eigenvalue weighted by molar-refractivity contribution is -0.140. The molecule has 7 heteroatoms. The van der Waals surface area contributed by atoms with Crippen LogP contribution in [-0.4, -0.2) is 33.3 Å². The molecule has 0 spiro atoms. The second kappa shape index (κ2) is 10.1. The summed E-state index contributed by atoms with van der Waals surface area (Å²) in [6.45, 7) is 4.61. The van der Waals surface area contributed by atoms with Crippen LogP contribution in [0.4, 0.5) is 0 Å². The molecule has 0 saturated carbocycles. The van der Waals surface area contributed by atoms with Crippen molar-refractivity contribution in [2.45, 2.75) is 32.9 Å². The first-order valence-corrected chi connectivity index (χ1v) is 11.4. The number of hydrogen-bond donors (Lipinski definition) is 1. The summed E-state index contributed by atoms with van der Waals surface area (Å²) in [5.74, 6) is -0.938. The Balaban J connectivity index is 1.82. The summed E-state index contributed by atoms with van der Waals surface area (Å²) in [6.07, 6.45) is 4.17. The smallest absolute Gasteiger partial charge is 0.295 e. The van der Waals surface area contributed by atoms with Gasteiger partial charge in [0, 0.05) is 29.5 Å². The molecular weight excluding hydrogens is 452 g/mol. The average Bonchev–Trinajstić information content (AvgIpc) is 3.08. The van der Waals surface area contributed by atoms with E-state index in [9.17, 15) is 14.7 Å². The Morgan fingerprint density at radius 3 is 2.56 bits per heavy atom. The summed E-state index contributed by atoms with van der Waals surface area (Å²) < 4.78 is 5.67. The molecule has 2 aromatic carbocycles. The van der Waals surface area contributed by atoms with Crippen molar-refractivity contribution in [1.82, 2.24) is 9.88 Å². The molecule has 0 aliphatic carbocycles. The lowest BCUT2D eigenvalue weighted by Gasteiger charge is -2.25. The first-order chi connectivity index (χ1) is 16.4. The Morgan fingerprint density at radius 1 is 1.15 bits per heavy atom. The van der Waals surface area contributed by atoms with Crippen LogP contribution in [0.2, 0.25) is 5.02 Å². The molecule has 1 N–H and O–H groups in total. The van der Waals surface area contributed by atoms with Gasteiger partial charge in [-0.1, -0.05) is 36.7 Å². The number of rotatable bonds is 7. The largest absolute Gasteiger partial charge is 0.507 e. The van der Waals surface area contributed by atoms with E-state index in [1.54, 1.807) is 54.9 Å². The maximum Gasteiger partial charge on any atom is 0.295 e. The highest BCUT2D eigenvalue weighted by molar-refractivity contribution is 6.46. The number of pyridine rings is 1. The minimum Gasteiger partial charge on any atom is -0.507 e. The maximum absolute atomic E-state index is 13.2. The van der Waals surface area contributed by atoms with Crippen LogP contribution in [0.15, 0.2) is 72.6 Å². The SMILES string of the molecule is CCCOc1ccc(C(O)=C2C(=O)C(=O)N(Cc3cccnc3)C2c2ccc(Cl)cc2)c(C)c1. The van der Waals surface area contributed by atoms with Gasteiger partial charge in [0.2, 0.25) is 0 Å². The number of aliphatic hydroxyl groups excluding tert-OH is 1. The molecule has 3 aromatic rings. The molecule has 1 atom stereocenters. The number of Topliss-reactive ketones (excluding diaryl/α,β-unsaturated/α-hetero) is 1. The van der Waals surface area contributed by atoms with Gasteiger partial charge < -0.3 is 14.7 Å². The van der Waals surface area contributed by atoms with E-state index >= 15 is 0 Å². The number of ether oxygens (including phenoxy) is 1. The van der Waals surface area contributed by atoms with Crippen LogP contribution in [0.3, 0.4) is 0 Å². The third-order valence-corrected chi connectivity index (χ3v) is 5.98. The van der Waals surface area contributed by atoms with Crippen LogP contribution in [-0.2, 0) is 16.1 Å². The minimum atomic E-state index is -0.770. The number of nitrogens with zero attached hydrogens (tertiary/aromatic N) is 2. The van der Waals surface area contributed by atoms with Crippen molar-refractivity contribution in [1.29, 1.82) is 0 Å². The Bertz CT molecular complexity index is 1240. The third-order valence-electron chi connectivity index (χ3n) is 5.73. The number of aryl methyl sites for hydroxylation is 1. The number of likely N-dealkylation sites (tertiary alicyclic amines) is 1. The molecule has 1 amide bonds. The van der Waals surface area contributed by atoms with Crippen molar-refractivity contribution in [3.63, 3.8) is 0 Å². The summed E-state index contributed by atoms with van der Waals surface area (Å²) >= 11 is 6.08. The van der Waals surface area contributed by atoms with Gasteiger partial charge >= 0.3 is 0 Å². The predicted octanol–water partition coefficient (Wildman–Crippen LogP) is 5.45. The molecular formula is C27H25ClN2O4. The lowest BCUT2D eigenvalue weighted by atomic mass is 9.94. The Kier molecular flexibility index (Phi) is 6.98. The van der Waals surface area contributed by atoms with Gasteiger partial charge in [0.15, 0.2) is 0 Å². The van der Waals surface area contributed by atoms with E-state index in [1.165, 1.54) is 4.90 Å². The highest BCUT2D eigenvalue weighted by atomic mass is 35.5. The number of carbonyl (C=O) groups excluding carboxylic acids is 2. The first kappa shape index (κ1) is 23.5. The molecule has 34 heavy (non-hydrogen) atoms. The Morgan fingerprint density at radius 2 is 1.91 bits per heavy atom. The van der Waals surface area contributed by atoms with E-state index in [1.807, 2.05) is 26.0 Å². The molecule has 1 unspecified atom stereocenters. The van der Waals surface area contributed by atoms with Crippen LogP contribution in [0.25, 0.3) is 5.76 Å². The molecule has 2 heterocycles. The highest BCUT2D eigenvalue weighted by Crippen LogP contribution is 2.41. The fourth-order valence-electron chi connectivity index (χ4n) is 4.08. The molecule has 6 nitrogen and oxygen atoms in total. The fraction of sp³-hybridized carbons (Fsp3) is 0.222. The zero-order chi connectivity index (χ0) is 24.2. The Labute approximate surface area is 203 Å². The summed E-state index contributed by atoms with van der Waals surface area (Å²) in [4.78, 5) is 31.9. The summed E-state index contributed by atoms with van der Waals surface area (Å²) in [7, 11) is 0. The minimum absolute atomic E-state index is 0.0431. The number of hydrogen-bond acceptors (Lipinski definition) is 5. The zero-order valence-electron chi connectivity index (χ0n) is 19.0. The van der Waals surface area contributed by atoms with Gasteiger partial charge in [-0.15, -0.1) is 0 Å². The van der Waals surface area contributed by atoms with Gasteiger partial charge in [0.25, 0.3) is 11.7 Å². The van der Waals surface area contributed by atoms with Crippen LogP contribution in [0.5, 0.6) is 5.75 Å². The average molecular weight is 477 g/mol. The number of ketones is 1. The number of carbonyl (C=O) groups is 2. The molecule has 0 radical (unpaired) electrons. The third kappa shape index (κ3) is 4.68. The predicted molar refractivity (Wildman–Crippen MR) is 131 cm³/mol. The van der Waals surface area contributed by atoms with E-state index in [-0.39, 0.29) is 17.9 Å². The zero-order valence-corrected chi connectivity index (χ0v) is 19.7. The molecule has 1 aromatic heterocycles. The van der Waals surface area contributed by atoms with Crippen molar-refractivity contribution >= 4 is 29.1 Å². The van der Waals surface area contributed by atoms with Gasteiger partial charge in [0.05, 0.1) is 18.2 Å². The summed E-state index contributed by atoms with van der Waals surface area (Å²) in [6, 6.07) is 15.0. The van der Waals surface area contributed by atoms with E-state index in [0.29, 0.717) is 28.5 Å². The lowest BCUT2D eigenvalue weighted by Crippen LogP contribution is -2.29. The van der Waals surface area contributed by atoms with Crippen LogP contribution in [0, 0.1) is 6.92 Å². The van der Waals surface area contributed by atoms with Gasteiger partial charge in [-0.05, 0) is 66.4 Å². The number of halogens is 1. The van der Waals surface area contributed by atoms with Crippen molar-refractivity contribution in [3.8, 4) is 5.75 Å². The molecule has 0 bridgehead atoms. The van der Waals surface area contributed by atoms with E-state index in [2.05, 4.69) is 4.98 Å². The highest BCUT2D eigenvalue weighted by Gasteiger charge is 2.46. The van der Waals surface area contributed by atoms with Crippen molar-refractivity contribution in [2.75, 3.05) is 6.61 Å². The van der Waals surface area contributed by atoms with Crippen LogP contribution < -0.4 is 4.74 Å². The number of aromatic nitrogens is 1. The summed E-state index contributed by atoms with van der Waals surface area (Å²) in [5.41, 5.74) is 2.70. The van der Waals surface area contributed by atoms with Crippen molar-refractivity contribution in [2.24, 2.45) is 0 Å². The molecule has 1 aliphatic rings. The van der Waals surface area contributed by atoms with Crippen molar-refractivity contribution in [3.05, 3.63) is 99.8 Å². The Hall–Kier alpha value is -3.64. The van der Waals surface area contributed by atoms with E-state index in [4.69, 9.17) is 16.3 Å². The maximum atomic E-state index is 13.2. The topological polar surface area (TPSA) is 79.7 Å². The first-order valence-electron chi connectivity index (χ1n) is 11.1. The molecule has 4 rings (SSSR count). The molecule has 1 aliphatic heterocycles. The van der Waals surface area contributed by atoms with Gasteiger partial charge in [0.1, 0.15) is 11.5 Å². The quantitative estimate of drug-likeness (QED) is 0.278. The standard InChI is InChI=1S/C27H25ClN2O4/c1-3-13-34-21-10-11-22(17(2)14-21)25(31)23-24(19-6-8-20(28)9-7-19)30(27(33)26(23)32)16-18-5-4-12-29-15-18/h4-12,14-15,24,31H,3,13,16H2,1-2H3. The molecule has 174 valence electrons.